The van der Waals surface area contributed by atoms with Crippen LogP contribution in [0.4, 0.5) is 0 Å². The molecule has 3 rings (SSSR count). The highest BCUT2D eigenvalue weighted by atomic mass is 28.3. The van der Waals surface area contributed by atoms with Crippen molar-refractivity contribution in [2.75, 3.05) is 0 Å². The maximum absolute atomic E-state index is 6.74. The van der Waals surface area contributed by atoms with Crippen LogP contribution in [-0.2, 0) is 4.43 Å². The van der Waals surface area contributed by atoms with E-state index in [0.29, 0.717) is 0 Å². The monoisotopic (exact) mass is 335 g/mol. The molecular formula is C20H23N2OSi. The van der Waals surface area contributed by atoms with E-state index in [-0.39, 0.29) is 11.5 Å². The molecule has 1 N–H and O–H groups in total. The van der Waals surface area contributed by atoms with Crippen LogP contribution >= 0.6 is 0 Å². The Labute approximate surface area is 145 Å². The lowest BCUT2D eigenvalue weighted by molar-refractivity contribution is 0.0823. The Morgan fingerprint density at radius 2 is 1.46 bits per heavy atom. The van der Waals surface area contributed by atoms with Gasteiger partial charge in [0.2, 0.25) is 0 Å². The summed E-state index contributed by atoms with van der Waals surface area (Å²) >= 11 is 0. The number of H-pyrrole nitrogens is 1. The molecule has 0 saturated carbocycles. The smallest absolute Gasteiger partial charge is 0.283 e. The van der Waals surface area contributed by atoms with Crippen molar-refractivity contribution in [1.82, 2.24) is 9.97 Å². The van der Waals surface area contributed by atoms with Crippen molar-refractivity contribution in [2.24, 2.45) is 5.41 Å². The SMILES string of the molecule is CC(C)(C)C(O[Si](c1ccccc1)c1ccccc1)c1ncc[nH]1. The minimum absolute atomic E-state index is 0.0582. The summed E-state index contributed by atoms with van der Waals surface area (Å²) in [7, 11) is -1.37. The second kappa shape index (κ2) is 7.15. The fourth-order valence-corrected chi connectivity index (χ4v) is 4.96. The highest BCUT2D eigenvalue weighted by Crippen LogP contribution is 2.34. The Kier molecular flexibility index (Phi) is 4.97. The Bertz CT molecular complexity index is 697. The zero-order valence-corrected chi connectivity index (χ0v) is 15.4. The van der Waals surface area contributed by atoms with E-state index in [1.807, 2.05) is 18.3 Å². The van der Waals surface area contributed by atoms with E-state index in [1.54, 1.807) is 6.20 Å². The predicted octanol–water partition coefficient (Wildman–Crippen LogP) is 3.32. The molecule has 123 valence electrons. The second-order valence-corrected chi connectivity index (χ2v) is 8.95. The fraction of sp³-hybridized carbons (Fsp3) is 0.250. The molecule has 0 amide bonds. The van der Waals surface area contributed by atoms with Gasteiger partial charge < -0.3 is 9.41 Å². The van der Waals surface area contributed by atoms with Crippen molar-refractivity contribution < 1.29 is 4.43 Å². The Balaban J connectivity index is 1.99. The van der Waals surface area contributed by atoms with Gasteiger partial charge in [0, 0.05) is 12.4 Å². The molecule has 0 aliphatic rings. The highest BCUT2D eigenvalue weighted by molar-refractivity contribution is 6.80. The first kappa shape index (κ1) is 16.7. The van der Waals surface area contributed by atoms with Gasteiger partial charge in [-0.2, -0.15) is 0 Å². The minimum atomic E-state index is -1.37. The molecular weight excluding hydrogens is 312 g/mol. The van der Waals surface area contributed by atoms with Crippen LogP contribution in [0.25, 0.3) is 0 Å². The lowest BCUT2D eigenvalue weighted by Gasteiger charge is -2.32. The first-order valence-corrected chi connectivity index (χ1v) is 9.60. The van der Waals surface area contributed by atoms with Crippen molar-refractivity contribution in [3.63, 3.8) is 0 Å². The Morgan fingerprint density at radius 1 is 0.917 bits per heavy atom. The van der Waals surface area contributed by atoms with Gasteiger partial charge in [0.05, 0.1) is 0 Å². The number of hydrogen-bond donors (Lipinski definition) is 1. The molecule has 3 nitrogen and oxygen atoms in total. The van der Waals surface area contributed by atoms with E-state index in [2.05, 4.69) is 79.3 Å². The van der Waals surface area contributed by atoms with E-state index in [9.17, 15) is 0 Å². The number of nitrogens with zero attached hydrogens (tertiary/aromatic N) is 1. The maximum atomic E-state index is 6.74. The summed E-state index contributed by atoms with van der Waals surface area (Å²) < 4.78 is 6.74. The van der Waals surface area contributed by atoms with Gasteiger partial charge in [-0.05, 0) is 15.8 Å². The fourth-order valence-electron chi connectivity index (χ4n) is 2.66. The Morgan fingerprint density at radius 3 is 1.88 bits per heavy atom. The van der Waals surface area contributed by atoms with Crippen LogP contribution in [0.3, 0.4) is 0 Å². The van der Waals surface area contributed by atoms with Gasteiger partial charge in [-0.25, -0.2) is 4.98 Å². The van der Waals surface area contributed by atoms with Crippen LogP contribution in [-0.4, -0.2) is 19.0 Å². The molecule has 0 bridgehead atoms. The van der Waals surface area contributed by atoms with E-state index in [4.69, 9.17) is 4.43 Å². The summed E-state index contributed by atoms with van der Waals surface area (Å²) in [5.74, 6) is 0.886. The van der Waals surface area contributed by atoms with Crippen LogP contribution < -0.4 is 10.4 Å². The number of hydrogen-bond acceptors (Lipinski definition) is 2. The summed E-state index contributed by atoms with van der Waals surface area (Å²) in [5.41, 5.74) is -0.0582. The van der Waals surface area contributed by atoms with Crippen LogP contribution in [0, 0.1) is 5.41 Å². The van der Waals surface area contributed by atoms with Gasteiger partial charge in [0.1, 0.15) is 11.9 Å². The van der Waals surface area contributed by atoms with Crippen molar-refractivity contribution in [1.29, 1.82) is 0 Å². The van der Waals surface area contributed by atoms with E-state index < -0.39 is 9.04 Å². The molecule has 1 atom stereocenters. The number of aromatic amines is 1. The number of nitrogens with one attached hydrogen (secondary N) is 1. The average molecular weight is 336 g/mol. The normalized spacial score (nSPS) is 13.2. The molecule has 0 aliphatic heterocycles. The molecule has 1 radical (unpaired) electrons. The van der Waals surface area contributed by atoms with Crippen LogP contribution in [0.1, 0.15) is 32.7 Å². The molecule has 24 heavy (non-hydrogen) atoms. The third-order valence-electron chi connectivity index (χ3n) is 3.86. The van der Waals surface area contributed by atoms with Gasteiger partial charge >= 0.3 is 0 Å². The Hall–Kier alpha value is -2.17. The van der Waals surface area contributed by atoms with Crippen molar-refractivity contribution >= 4 is 19.4 Å². The minimum Gasteiger partial charge on any atom is -0.396 e. The van der Waals surface area contributed by atoms with Gasteiger partial charge in [-0.15, -0.1) is 0 Å². The molecule has 0 aliphatic carbocycles. The predicted molar refractivity (Wildman–Crippen MR) is 99.8 cm³/mol. The maximum Gasteiger partial charge on any atom is 0.283 e. The third-order valence-corrected chi connectivity index (χ3v) is 6.05. The standard InChI is InChI=1S/C20H23N2OSi/c1-20(2,3)18(19-21-14-15-22-19)23-24(16-10-6-4-7-11-16)17-12-8-5-9-13-17/h4-15,18H,1-3H3,(H,21,22). The van der Waals surface area contributed by atoms with Crippen molar-refractivity contribution in [2.45, 2.75) is 26.9 Å². The molecule has 0 saturated heterocycles. The molecule has 0 fully saturated rings. The number of aromatic nitrogens is 2. The molecule has 2 aromatic carbocycles. The van der Waals surface area contributed by atoms with E-state index in [1.165, 1.54) is 10.4 Å². The summed E-state index contributed by atoms with van der Waals surface area (Å²) in [6.45, 7) is 6.57. The van der Waals surface area contributed by atoms with Gasteiger partial charge in [0.15, 0.2) is 0 Å². The lowest BCUT2D eigenvalue weighted by atomic mass is 9.89. The second-order valence-electron chi connectivity index (χ2n) is 6.90. The van der Waals surface area contributed by atoms with E-state index in [0.717, 1.165) is 5.82 Å². The summed E-state index contributed by atoms with van der Waals surface area (Å²) in [6.07, 6.45) is 3.55. The lowest BCUT2D eigenvalue weighted by Crippen LogP contribution is -2.47. The summed E-state index contributed by atoms with van der Waals surface area (Å²) in [4.78, 5) is 7.69. The topological polar surface area (TPSA) is 37.9 Å². The summed E-state index contributed by atoms with van der Waals surface area (Å²) in [6, 6.07) is 21.0. The molecule has 1 aromatic heterocycles. The largest absolute Gasteiger partial charge is 0.396 e. The molecule has 0 spiro atoms. The summed E-state index contributed by atoms with van der Waals surface area (Å²) in [5, 5.41) is 2.49. The first-order chi connectivity index (χ1) is 11.6. The van der Waals surface area contributed by atoms with Crippen LogP contribution in [0.2, 0.25) is 0 Å². The van der Waals surface area contributed by atoms with E-state index >= 15 is 0 Å². The molecule has 4 heteroatoms. The van der Waals surface area contributed by atoms with Gasteiger partial charge in [-0.3, -0.25) is 0 Å². The zero-order valence-electron chi connectivity index (χ0n) is 14.4. The number of rotatable bonds is 5. The van der Waals surface area contributed by atoms with Crippen LogP contribution in [0.5, 0.6) is 0 Å². The molecule has 3 aromatic rings. The van der Waals surface area contributed by atoms with Crippen molar-refractivity contribution in [3.05, 3.63) is 78.9 Å². The third kappa shape index (κ3) is 3.83. The highest BCUT2D eigenvalue weighted by Gasteiger charge is 2.33. The van der Waals surface area contributed by atoms with Crippen molar-refractivity contribution in [3.8, 4) is 0 Å². The molecule has 1 unspecified atom stereocenters. The number of imidazole rings is 1. The van der Waals surface area contributed by atoms with Crippen LogP contribution in [0.15, 0.2) is 73.1 Å². The average Bonchev–Trinajstić information content (AvgIpc) is 3.10. The van der Waals surface area contributed by atoms with Gasteiger partial charge in [-0.1, -0.05) is 81.4 Å². The zero-order chi connectivity index (χ0) is 17.0. The number of benzene rings is 2. The molecule has 1 heterocycles. The quantitative estimate of drug-likeness (QED) is 0.726. The van der Waals surface area contributed by atoms with Gasteiger partial charge in [0.25, 0.3) is 9.04 Å². The first-order valence-electron chi connectivity index (χ1n) is 8.19.